The molecule has 0 bridgehead atoms. The molecule has 1 fully saturated rings. The molecule has 0 aromatic heterocycles. The molecule has 6 heteroatoms. The van der Waals surface area contributed by atoms with Crippen molar-refractivity contribution in [1.82, 2.24) is 5.01 Å². The number of rotatable bonds is 9. The summed E-state index contributed by atoms with van der Waals surface area (Å²) < 4.78 is 9.80. The van der Waals surface area contributed by atoms with Crippen LogP contribution in [0.3, 0.4) is 0 Å². The predicted molar refractivity (Wildman–Crippen MR) is 102 cm³/mol. The number of carbonyl (C=O) groups is 1. The molecule has 1 aliphatic rings. The molecule has 0 aliphatic carbocycles. The molecular formula is C19H28N2O3S. The van der Waals surface area contributed by atoms with Crippen LogP contribution in [0.1, 0.15) is 32.6 Å². The smallest absolute Gasteiger partial charge is 0.307 e. The van der Waals surface area contributed by atoms with Gasteiger partial charge in [-0.1, -0.05) is 25.1 Å². The van der Waals surface area contributed by atoms with Gasteiger partial charge in [0.15, 0.2) is 0 Å². The summed E-state index contributed by atoms with van der Waals surface area (Å²) in [4.78, 5) is 13.1. The quantitative estimate of drug-likeness (QED) is 0.381. The Hall–Kier alpha value is -1.53. The first kappa shape index (κ1) is 19.8. The van der Waals surface area contributed by atoms with E-state index in [1.54, 1.807) is 18.9 Å². The molecule has 1 aromatic carbocycles. The lowest BCUT2D eigenvalue weighted by atomic mass is 10.0. The Balaban J connectivity index is 2.20. The molecular weight excluding hydrogens is 336 g/mol. The lowest BCUT2D eigenvalue weighted by Gasteiger charge is -2.29. The number of carbonyl (C=O) groups excluding carboxylic acids is 1. The molecule has 0 unspecified atom stereocenters. The van der Waals surface area contributed by atoms with Gasteiger partial charge in [-0.15, -0.1) is 11.8 Å². The zero-order chi connectivity index (χ0) is 18.1. The number of hydrazone groups is 1. The van der Waals surface area contributed by atoms with E-state index in [0.29, 0.717) is 19.1 Å². The first-order valence-corrected chi connectivity index (χ1v) is 9.55. The fraction of sp³-hybridized carbons (Fsp3) is 0.579. The van der Waals surface area contributed by atoms with Crippen LogP contribution in [0.5, 0.6) is 0 Å². The molecule has 0 amide bonds. The van der Waals surface area contributed by atoms with E-state index in [4.69, 9.17) is 14.6 Å². The van der Waals surface area contributed by atoms with E-state index in [1.165, 1.54) is 7.11 Å². The van der Waals surface area contributed by atoms with Gasteiger partial charge in [-0.05, 0) is 31.4 Å². The summed E-state index contributed by atoms with van der Waals surface area (Å²) in [6.45, 7) is 3.69. The molecule has 1 aromatic rings. The average Bonchev–Trinajstić information content (AvgIpc) is 3.08. The largest absolute Gasteiger partial charge is 0.469 e. The number of hydrogen-bond donors (Lipinski definition) is 0. The highest BCUT2D eigenvalue weighted by atomic mass is 32.2. The van der Waals surface area contributed by atoms with Gasteiger partial charge in [-0.25, -0.2) is 0 Å². The fourth-order valence-corrected chi connectivity index (χ4v) is 4.15. The highest BCUT2D eigenvalue weighted by Crippen LogP contribution is 2.37. The van der Waals surface area contributed by atoms with Gasteiger partial charge >= 0.3 is 5.97 Å². The molecule has 1 aliphatic heterocycles. The van der Waals surface area contributed by atoms with Gasteiger partial charge in [0.25, 0.3) is 0 Å². The van der Waals surface area contributed by atoms with Crippen LogP contribution in [-0.2, 0) is 14.3 Å². The highest BCUT2D eigenvalue weighted by molar-refractivity contribution is 8.01. The maximum Gasteiger partial charge on any atom is 0.307 e. The molecule has 0 N–H and O–H groups in total. The Morgan fingerprint density at radius 1 is 1.40 bits per heavy atom. The van der Waals surface area contributed by atoms with E-state index in [0.717, 1.165) is 30.7 Å². The normalized spacial score (nSPS) is 20.0. The Morgan fingerprint density at radius 3 is 2.80 bits per heavy atom. The van der Waals surface area contributed by atoms with Gasteiger partial charge in [0.05, 0.1) is 30.9 Å². The van der Waals surface area contributed by atoms with Gasteiger partial charge in [-0.3, -0.25) is 9.80 Å². The van der Waals surface area contributed by atoms with E-state index in [9.17, 15) is 4.79 Å². The number of methoxy groups -OCH3 is 2. The minimum absolute atomic E-state index is 0.216. The molecule has 1 saturated heterocycles. The van der Waals surface area contributed by atoms with E-state index in [-0.39, 0.29) is 5.97 Å². The van der Waals surface area contributed by atoms with E-state index < -0.39 is 4.75 Å². The zero-order valence-corrected chi connectivity index (χ0v) is 16.1. The molecule has 0 saturated carbocycles. The van der Waals surface area contributed by atoms with Gasteiger partial charge in [0.2, 0.25) is 0 Å². The van der Waals surface area contributed by atoms with Crippen LogP contribution in [-0.4, -0.2) is 55.4 Å². The van der Waals surface area contributed by atoms with Crippen LogP contribution < -0.4 is 0 Å². The van der Waals surface area contributed by atoms with Crippen LogP contribution in [0, 0.1) is 0 Å². The second-order valence-corrected chi connectivity index (χ2v) is 7.73. The van der Waals surface area contributed by atoms with Crippen molar-refractivity contribution in [2.45, 2.75) is 48.3 Å². The predicted octanol–water partition coefficient (Wildman–Crippen LogP) is 3.59. The number of ether oxygens (including phenoxy) is 2. The lowest BCUT2D eigenvalue weighted by Crippen LogP contribution is -2.34. The second-order valence-electron chi connectivity index (χ2n) is 6.25. The van der Waals surface area contributed by atoms with Crippen molar-refractivity contribution in [3.8, 4) is 0 Å². The standard InChI is InChI=1S/C19H28N2O3S/c1-4-19(13-18(22)24-3,25-17-10-6-5-7-11-17)15-20-21-12-8-9-16(21)14-23-2/h5-7,10-11,15-16H,4,8-9,12-14H2,1-3H3/b20-15+/t16-,19-/m0/s1. The van der Waals surface area contributed by atoms with Crippen molar-refractivity contribution in [1.29, 1.82) is 0 Å². The van der Waals surface area contributed by atoms with E-state index in [2.05, 4.69) is 24.1 Å². The number of esters is 1. The number of benzene rings is 1. The Kier molecular flexibility index (Phi) is 7.78. The second kappa shape index (κ2) is 9.82. The Morgan fingerprint density at radius 2 is 2.16 bits per heavy atom. The Labute approximate surface area is 154 Å². The summed E-state index contributed by atoms with van der Waals surface area (Å²) in [5, 5.41) is 6.84. The molecule has 5 nitrogen and oxygen atoms in total. The topological polar surface area (TPSA) is 51.1 Å². The summed E-state index contributed by atoms with van der Waals surface area (Å²) in [7, 11) is 3.15. The first-order valence-electron chi connectivity index (χ1n) is 8.74. The number of hydrogen-bond acceptors (Lipinski definition) is 6. The minimum Gasteiger partial charge on any atom is -0.469 e. The molecule has 138 valence electrons. The van der Waals surface area contributed by atoms with Gasteiger partial charge in [0.1, 0.15) is 0 Å². The number of thioether (sulfide) groups is 1. The van der Waals surface area contributed by atoms with Crippen LogP contribution in [0.15, 0.2) is 40.3 Å². The summed E-state index contributed by atoms with van der Waals surface area (Å²) in [6.07, 6.45) is 5.23. The summed E-state index contributed by atoms with van der Waals surface area (Å²) in [5.74, 6) is -0.216. The molecule has 0 spiro atoms. The summed E-state index contributed by atoms with van der Waals surface area (Å²) >= 11 is 1.67. The van der Waals surface area contributed by atoms with Gasteiger partial charge in [-0.2, -0.15) is 5.10 Å². The van der Waals surface area contributed by atoms with Crippen LogP contribution >= 0.6 is 11.8 Å². The monoisotopic (exact) mass is 364 g/mol. The zero-order valence-electron chi connectivity index (χ0n) is 15.3. The third-order valence-corrected chi connectivity index (χ3v) is 5.93. The Bertz CT molecular complexity index is 567. The maximum atomic E-state index is 12.0. The number of nitrogens with zero attached hydrogens (tertiary/aromatic N) is 2. The summed E-state index contributed by atoms with van der Waals surface area (Å²) in [6, 6.07) is 10.4. The molecule has 1 heterocycles. The third-order valence-electron chi connectivity index (χ3n) is 4.48. The lowest BCUT2D eigenvalue weighted by molar-refractivity contribution is -0.140. The van der Waals surface area contributed by atoms with Crippen LogP contribution in [0.4, 0.5) is 0 Å². The van der Waals surface area contributed by atoms with Crippen molar-refractivity contribution < 1.29 is 14.3 Å². The molecule has 0 radical (unpaired) electrons. The van der Waals surface area contributed by atoms with E-state index in [1.807, 2.05) is 24.4 Å². The van der Waals surface area contributed by atoms with Gasteiger partial charge in [0, 0.05) is 24.8 Å². The SMILES string of the molecule is CC[C@@](/C=N/N1CCC[C@H]1COC)(CC(=O)OC)Sc1ccccc1. The van der Waals surface area contributed by atoms with Crippen molar-refractivity contribution in [3.63, 3.8) is 0 Å². The highest BCUT2D eigenvalue weighted by Gasteiger charge is 2.33. The minimum atomic E-state index is -0.422. The van der Waals surface area contributed by atoms with Gasteiger partial charge < -0.3 is 9.47 Å². The molecule has 25 heavy (non-hydrogen) atoms. The third kappa shape index (κ3) is 5.75. The van der Waals surface area contributed by atoms with Crippen molar-refractivity contribution in [3.05, 3.63) is 30.3 Å². The summed E-state index contributed by atoms with van der Waals surface area (Å²) in [5.41, 5.74) is 0. The van der Waals surface area contributed by atoms with Crippen molar-refractivity contribution in [2.75, 3.05) is 27.4 Å². The molecule has 2 rings (SSSR count). The first-order chi connectivity index (χ1) is 12.1. The van der Waals surface area contributed by atoms with Crippen LogP contribution in [0.25, 0.3) is 0 Å². The maximum absolute atomic E-state index is 12.0. The average molecular weight is 365 g/mol. The fourth-order valence-electron chi connectivity index (χ4n) is 2.95. The molecule has 2 atom stereocenters. The van der Waals surface area contributed by atoms with Crippen molar-refractivity contribution in [2.24, 2.45) is 5.10 Å². The van der Waals surface area contributed by atoms with Crippen molar-refractivity contribution >= 4 is 23.9 Å². The van der Waals surface area contributed by atoms with E-state index >= 15 is 0 Å². The van der Waals surface area contributed by atoms with Crippen LogP contribution in [0.2, 0.25) is 0 Å².